The molecule has 0 N–H and O–H groups in total. The predicted octanol–water partition coefficient (Wildman–Crippen LogP) is 4.22. The van der Waals surface area contributed by atoms with Crippen LogP contribution in [0.15, 0.2) is 36.4 Å². The molecule has 0 bridgehead atoms. The van der Waals surface area contributed by atoms with Gasteiger partial charge in [-0.05, 0) is 44.0 Å². The first kappa shape index (κ1) is 17.3. The molecule has 5 nitrogen and oxygen atoms in total. The van der Waals surface area contributed by atoms with Crippen LogP contribution in [0.4, 0.5) is 10.1 Å². The molecule has 1 aromatic heterocycles. The average Bonchev–Trinajstić information content (AvgIpc) is 3.02. The zero-order chi connectivity index (χ0) is 19.0. The van der Waals surface area contributed by atoms with Crippen molar-refractivity contribution in [3.8, 4) is 17.5 Å². The molecule has 27 heavy (non-hydrogen) atoms. The maximum atomic E-state index is 14.0. The van der Waals surface area contributed by atoms with Crippen molar-refractivity contribution >= 4 is 16.7 Å². The summed E-state index contributed by atoms with van der Waals surface area (Å²) in [6.45, 7) is 3.72. The molecule has 138 valence electrons. The van der Waals surface area contributed by atoms with E-state index < -0.39 is 5.82 Å². The molecule has 1 aliphatic rings. The Morgan fingerprint density at radius 3 is 2.44 bits per heavy atom. The third-order valence-corrected chi connectivity index (χ3v) is 5.25. The molecule has 3 aromatic rings. The Bertz CT molecular complexity index is 1010. The highest BCUT2D eigenvalue weighted by atomic mass is 19.1. The lowest BCUT2D eigenvalue weighted by Gasteiger charge is -2.31. The minimum absolute atomic E-state index is 0.177. The summed E-state index contributed by atoms with van der Waals surface area (Å²) in [5.74, 6) is 0.766. The minimum atomic E-state index is -0.411. The van der Waals surface area contributed by atoms with Crippen LogP contribution in [0.3, 0.4) is 0 Å². The number of aromatic nitrogens is 2. The van der Waals surface area contributed by atoms with Gasteiger partial charge in [-0.1, -0.05) is 0 Å². The number of nitriles is 1. The van der Waals surface area contributed by atoms with Crippen LogP contribution in [0, 0.1) is 30.0 Å². The summed E-state index contributed by atoms with van der Waals surface area (Å²) in [5, 5.41) is 9.05. The summed E-state index contributed by atoms with van der Waals surface area (Å²) < 4.78 is 21.1. The van der Waals surface area contributed by atoms with E-state index in [1.54, 1.807) is 6.07 Å². The highest BCUT2D eigenvalue weighted by Gasteiger charge is 2.19. The van der Waals surface area contributed by atoms with Gasteiger partial charge in [0.1, 0.15) is 5.82 Å². The number of anilines is 1. The molecule has 0 amide bonds. The van der Waals surface area contributed by atoms with Gasteiger partial charge in [0.05, 0.1) is 24.2 Å². The van der Waals surface area contributed by atoms with Crippen molar-refractivity contribution in [1.82, 2.24) is 9.55 Å². The van der Waals surface area contributed by atoms with E-state index >= 15 is 0 Å². The van der Waals surface area contributed by atoms with Gasteiger partial charge in [-0.15, -0.1) is 0 Å². The van der Waals surface area contributed by atoms with Gasteiger partial charge < -0.3 is 9.64 Å². The molecule has 4 rings (SSSR count). The van der Waals surface area contributed by atoms with Crippen LogP contribution in [-0.4, -0.2) is 29.8 Å². The molecular formula is C21H21FN4O. The number of imidazole rings is 1. The van der Waals surface area contributed by atoms with E-state index in [2.05, 4.69) is 40.2 Å². The van der Waals surface area contributed by atoms with Crippen LogP contribution in [0.25, 0.3) is 16.7 Å². The standard InChI is InChI=1S/C21H21FN4O/c1-14-24-19-11-18(22)21(27-2)12-20(19)26(14)17-5-3-16(4-6-17)25-9-7-15(13-23)8-10-25/h3-6,11-12,15H,7-10H2,1-2H3. The topological polar surface area (TPSA) is 54.1 Å². The Balaban J connectivity index is 1.66. The van der Waals surface area contributed by atoms with E-state index in [0.717, 1.165) is 48.6 Å². The lowest BCUT2D eigenvalue weighted by Crippen LogP contribution is -2.33. The zero-order valence-corrected chi connectivity index (χ0v) is 15.4. The second-order valence-electron chi connectivity index (χ2n) is 6.88. The van der Waals surface area contributed by atoms with Crippen molar-refractivity contribution in [2.75, 3.05) is 25.1 Å². The van der Waals surface area contributed by atoms with E-state index in [9.17, 15) is 4.39 Å². The van der Waals surface area contributed by atoms with E-state index in [4.69, 9.17) is 10.00 Å². The second kappa shape index (κ2) is 6.92. The number of nitrogens with zero attached hydrogens (tertiary/aromatic N) is 4. The molecule has 1 saturated heterocycles. The van der Waals surface area contributed by atoms with Crippen LogP contribution in [0.5, 0.6) is 5.75 Å². The Morgan fingerprint density at radius 2 is 1.81 bits per heavy atom. The van der Waals surface area contributed by atoms with Gasteiger partial charge in [-0.3, -0.25) is 4.57 Å². The normalized spacial score (nSPS) is 15.1. The maximum absolute atomic E-state index is 14.0. The number of benzene rings is 2. The number of hydrogen-bond acceptors (Lipinski definition) is 4. The number of ether oxygens (including phenoxy) is 1. The molecule has 0 atom stereocenters. The molecule has 2 aromatic carbocycles. The molecule has 1 aliphatic heterocycles. The largest absolute Gasteiger partial charge is 0.494 e. The Hall–Kier alpha value is -3.07. The van der Waals surface area contributed by atoms with Gasteiger partial charge in [0, 0.05) is 42.5 Å². The number of piperidine rings is 1. The lowest BCUT2D eigenvalue weighted by atomic mass is 9.98. The van der Waals surface area contributed by atoms with Crippen LogP contribution >= 0.6 is 0 Å². The van der Waals surface area contributed by atoms with Crippen molar-refractivity contribution in [1.29, 1.82) is 5.26 Å². The Kier molecular flexibility index (Phi) is 4.44. The summed E-state index contributed by atoms with van der Waals surface area (Å²) in [5.41, 5.74) is 3.54. The molecular weight excluding hydrogens is 343 g/mol. The fourth-order valence-corrected chi connectivity index (χ4v) is 3.76. The molecule has 0 spiro atoms. The van der Waals surface area contributed by atoms with Gasteiger partial charge in [-0.25, -0.2) is 9.37 Å². The minimum Gasteiger partial charge on any atom is -0.494 e. The summed E-state index contributed by atoms with van der Waals surface area (Å²) in [6.07, 6.45) is 1.82. The number of halogens is 1. The number of hydrogen-bond donors (Lipinski definition) is 0. The van der Waals surface area contributed by atoms with Crippen molar-refractivity contribution in [3.63, 3.8) is 0 Å². The number of aryl methyl sites for hydroxylation is 1. The van der Waals surface area contributed by atoms with Gasteiger partial charge in [0.2, 0.25) is 0 Å². The third kappa shape index (κ3) is 3.10. The second-order valence-corrected chi connectivity index (χ2v) is 6.88. The van der Waals surface area contributed by atoms with Crippen LogP contribution in [-0.2, 0) is 0 Å². The molecule has 2 heterocycles. The van der Waals surface area contributed by atoms with Crippen molar-refractivity contribution in [2.45, 2.75) is 19.8 Å². The van der Waals surface area contributed by atoms with E-state index in [0.29, 0.717) is 5.52 Å². The zero-order valence-electron chi connectivity index (χ0n) is 15.4. The molecule has 1 fully saturated rings. The summed E-state index contributed by atoms with van der Waals surface area (Å²) in [6, 6.07) is 13.7. The molecule has 0 aliphatic carbocycles. The highest BCUT2D eigenvalue weighted by Crippen LogP contribution is 2.29. The highest BCUT2D eigenvalue weighted by molar-refractivity contribution is 5.80. The lowest BCUT2D eigenvalue weighted by molar-refractivity contribution is 0.387. The number of rotatable bonds is 3. The third-order valence-electron chi connectivity index (χ3n) is 5.25. The number of fused-ring (bicyclic) bond motifs is 1. The summed E-state index contributed by atoms with van der Waals surface area (Å²) in [7, 11) is 1.46. The number of methoxy groups -OCH3 is 1. The van der Waals surface area contributed by atoms with Crippen LogP contribution < -0.4 is 9.64 Å². The van der Waals surface area contributed by atoms with Gasteiger partial charge >= 0.3 is 0 Å². The molecule has 0 saturated carbocycles. The average molecular weight is 364 g/mol. The smallest absolute Gasteiger partial charge is 0.167 e. The van der Waals surface area contributed by atoms with E-state index in [1.165, 1.54) is 13.2 Å². The van der Waals surface area contributed by atoms with Crippen molar-refractivity contribution < 1.29 is 9.13 Å². The molecule has 0 radical (unpaired) electrons. The first-order chi connectivity index (χ1) is 13.1. The first-order valence-corrected chi connectivity index (χ1v) is 9.08. The molecule has 0 unspecified atom stereocenters. The Labute approximate surface area is 157 Å². The monoisotopic (exact) mass is 364 g/mol. The van der Waals surface area contributed by atoms with Gasteiger partial charge in [0.15, 0.2) is 11.6 Å². The predicted molar refractivity (Wildman–Crippen MR) is 103 cm³/mol. The Morgan fingerprint density at radius 1 is 1.15 bits per heavy atom. The maximum Gasteiger partial charge on any atom is 0.167 e. The van der Waals surface area contributed by atoms with Gasteiger partial charge in [-0.2, -0.15) is 5.26 Å². The van der Waals surface area contributed by atoms with E-state index in [-0.39, 0.29) is 11.7 Å². The van der Waals surface area contributed by atoms with E-state index in [1.807, 2.05) is 11.5 Å². The summed E-state index contributed by atoms with van der Waals surface area (Å²) in [4.78, 5) is 6.80. The summed E-state index contributed by atoms with van der Waals surface area (Å²) >= 11 is 0. The van der Waals surface area contributed by atoms with Crippen LogP contribution in [0.1, 0.15) is 18.7 Å². The van der Waals surface area contributed by atoms with Crippen molar-refractivity contribution in [2.24, 2.45) is 5.92 Å². The fraction of sp³-hybridized carbons (Fsp3) is 0.333. The first-order valence-electron chi connectivity index (χ1n) is 9.08. The van der Waals surface area contributed by atoms with Gasteiger partial charge in [0.25, 0.3) is 0 Å². The molecule has 6 heteroatoms. The SMILES string of the molecule is COc1cc2c(cc1F)nc(C)n2-c1ccc(N2CCC(C#N)CC2)cc1. The quantitative estimate of drug-likeness (QED) is 0.698. The fourth-order valence-electron chi connectivity index (χ4n) is 3.76. The van der Waals surface area contributed by atoms with Crippen molar-refractivity contribution in [3.05, 3.63) is 48.0 Å². The van der Waals surface area contributed by atoms with Crippen LogP contribution in [0.2, 0.25) is 0 Å².